The van der Waals surface area contributed by atoms with Gasteiger partial charge in [-0.3, -0.25) is 0 Å². The topological polar surface area (TPSA) is 21.3 Å². The molecule has 0 heterocycles. The number of rotatable bonds is 5. The molecule has 0 aliphatic heterocycles. The normalized spacial score (nSPS) is 12.6. The Morgan fingerprint density at radius 2 is 1.81 bits per heavy atom. The third-order valence-corrected chi connectivity index (χ3v) is 2.10. The lowest BCUT2D eigenvalue weighted by Crippen LogP contribution is -2.16. The smallest absolute Gasteiger partial charge is 0.161 e. The highest BCUT2D eigenvalue weighted by atomic mass is 19.2. The first kappa shape index (κ1) is 12.8. The van der Waals surface area contributed by atoms with E-state index in [1.165, 1.54) is 0 Å². The van der Waals surface area contributed by atoms with Gasteiger partial charge in [0.05, 0.1) is 12.3 Å². The number of hydrogen-bond donors (Lipinski definition) is 1. The molecule has 0 aromatic heterocycles. The Morgan fingerprint density at radius 1 is 1.19 bits per heavy atom. The van der Waals surface area contributed by atoms with Gasteiger partial charge in [0.2, 0.25) is 0 Å². The fraction of sp³-hybridized carbons (Fsp3) is 0.455. The summed E-state index contributed by atoms with van der Waals surface area (Å²) in [6.45, 7) is 2.84. The fourth-order valence-corrected chi connectivity index (χ4v) is 1.29. The van der Waals surface area contributed by atoms with Crippen molar-refractivity contribution in [1.29, 1.82) is 0 Å². The molecular weight excluding hydrogens is 219 g/mol. The Hall–Kier alpha value is -1.23. The monoisotopic (exact) mass is 233 g/mol. The van der Waals surface area contributed by atoms with Gasteiger partial charge in [0.25, 0.3) is 0 Å². The molecule has 16 heavy (non-hydrogen) atoms. The molecule has 0 saturated heterocycles. The summed E-state index contributed by atoms with van der Waals surface area (Å²) in [6, 6.07) is 1.34. The molecule has 0 amide bonds. The maximum absolute atomic E-state index is 13.2. The number of nitrogens with one attached hydrogen (secondary N) is 1. The van der Waals surface area contributed by atoms with Gasteiger partial charge in [-0.15, -0.1) is 0 Å². The van der Waals surface area contributed by atoms with E-state index in [-0.39, 0.29) is 11.6 Å². The van der Waals surface area contributed by atoms with E-state index in [0.29, 0.717) is 19.2 Å². The molecule has 0 aliphatic rings. The van der Waals surface area contributed by atoms with E-state index in [1.54, 1.807) is 7.11 Å². The third kappa shape index (κ3) is 3.41. The maximum Gasteiger partial charge on any atom is 0.161 e. The van der Waals surface area contributed by atoms with Crippen LogP contribution in [0, 0.1) is 23.4 Å². The third-order valence-electron chi connectivity index (χ3n) is 2.10. The van der Waals surface area contributed by atoms with Crippen molar-refractivity contribution < 1.29 is 17.9 Å². The van der Waals surface area contributed by atoms with Crippen LogP contribution in [0.2, 0.25) is 0 Å². The van der Waals surface area contributed by atoms with E-state index in [9.17, 15) is 13.2 Å². The van der Waals surface area contributed by atoms with E-state index >= 15 is 0 Å². The zero-order valence-corrected chi connectivity index (χ0v) is 9.19. The van der Waals surface area contributed by atoms with Crippen LogP contribution in [0.4, 0.5) is 18.9 Å². The molecule has 1 rings (SSSR count). The lowest BCUT2D eigenvalue weighted by molar-refractivity contribution is 0.164. The highest BCUT2D eigenvalue weighted by Gasteiger charge is 2.10. The van der Waals surface area contributed by atoms with Crippen LogP contribution in [0.15, 0.2) is 12.1 Å². The van der Waals surface area contributed by atoms with Gasteiger partial charge in [-0.2, -0.15) is 0 Å². The molecule has 1 aromatic carbocycles. The maximum atomic E-state index is 13.2. The number of methoxy groups -OCH3 is 1. The first-order chi connectivity index (χ1) is 7.54. The number of benzene rings is 1. The molecule has 0 bridgehead atoms. The molecule has 0 spiro atoms. The second kappa shape index (κ2) is 5.75. The van der Waals surface area contributed by atoms with Crippen LogP contribution in [0.5, 0.6) is 0 Å². The van der Waals surface area contributed by atoms with Gasteiger partial charge in [0.1, 0.15) is 5.82 Å². The lowest BCUT2D eigenvalue weighted by atomic mass is 10.2. The molecule has 1 aromatic rings. The van der Waals surface area contributed by atoms with Gasteiger partial charge in [-0.1, -0.05) is 6.92 Å². The summed E-state index contributed by atoms with van der Waals surface area (Å²) in [5, 5.41) is 2.70. The summed E-state index contributed by atoms with van der Waals surface area (Å²) in [7, 11) is 1.56. The van der Waals surface area contributed by atoms with Gasteiger partial charge in [0, 0.05) is 25.8 Å². The second-order valence-corrected chi connectivity index (χ2v) is 3.69. The highest BCUT2D eigenvalue weighted by Crippen LogP contribution is 2.18. The Morgan fingerprint density at radius 3 is 2.44 bits per heavy atom. The van der Waals surface area contributed by atoms with Crippen LogP contribution in [0.25, 0.3) is 0 Å². The van der Waals surface area contributed by atoms with Crippen molar-refractivity contribution >= 4 is 5.69 Å². The van der Waals surface area contributed by atoms with Gasteiger partial charge < -0.3 is 10.1 Å². The van der Waals surface area contributed by atoms with Crippen molar-refractivity contribution in [1.82, 2.24) is 0 Å². The highest BCUT2D eigenvalue weighted by molar-refractivity contribution is 5.45. The zero-order chi connectivity index (χ0) is 12.1. The van der Waals surface area contributed by atoms with E-state index in [1.807, 2.05) is 6.92 Å². The van der Waals surface area contributed by atoms with Gasteiger partial charge in [-0.25, -0.2) is 13.2 Å². The summed E-state index contributed by atoms with van der Waals surface area (Å²) in [6.07, 6.45) is 0. The molecule has 1 N–H and O–H groups in total. The first-order valence-electron chi connectivity index (χ1n) is 4.92. The van der Waals surface area contributed by atoms with Crippen molar-refractivity contribution in [2.45, 2.75) is 6.92 Å². The Labute approximate surface area is 92.4 Å². The van der Waals surface area contributed by atoms with Gasteiger partial charge in [-0.05, 0) is 5.92 Å². The molecule has 0 aliphatic carbocycles. The molecule has 1 atom stereocenters. The largest absolute Gasteiger partial charge is 0.384 e. The molecule has 90 valence electrons. The van der Waals surface area contributed by atoms with Crippen molar-refractivity contribution in [2.75, 3.05) is 25.6 Å². The Kier molecular flexibility index (Phi) is 4.61. The zero-order valence-electron chi connectivity index (χ0n) is 9.19. The van der Waals surface area contributed by atoms with Crippen molar-refractivity contribution in [3.8, 4) is 0 Å². The average Bonchev–Trinajstić information content (AvgIpc) is 2.22. The molecule has 5 heteroatoms. The van der Waals surface area contributed by atoms with E-state index in [4.69, 9.17) is 4.74 Å². The minimum atomic E-state index is -1.19. The number of hydrogen-bond acceptors (Lipinski definition) is 2. The molecule has 0 radical (unpaired) electrons. The van der Waals surface area contributed by atoms with E-state index in [2.05, 4.69) is 5.32 Å². The summed E-state index contributed by atoms with van der Waals surface area (Å²) in [5.41, 5.74) is -0.0400. The SMILES string of the molecule is COCC(C)CNc1cc(F)c(F)cc1F. The van der Waals surface area contributed by atoms with Crippen LogP contribution >= 0.6 is 0 Å². The molecule has 1 unspecified atom stereocenters. The van der Waals surface area contributed by atoms with Crippen molar-refractivity contribution in [2.24, 2.45) is 5.92 Å². The molecular formula is C11H14F3NO. The van der Waals surface area contributed by atoms with Crippen LogP contribution in [-0.2, 0) is 4.74 Å². The number of ether oxygens (including phenoxy) is 1. The van der Waals surface area contributed by atoms with Crippen molar-refractivity contribution in [3.05, 3.63) is 29.6 Å². The predicted octanol–water partition coefficient (Wildman–Crippen LogP) is 2.80. The average molecular weight is 233 g/mol. The van der Waals surface area contributed by atoms with Gasteiger partial charge >= 0.3 is 0 Å². The number of halogens is 3. The Bertz CT molecular complexity index is 357. The molecule has 0 saturated carbocycles. The number of anilines is 1. The molecule has 2 nitrogen and oxygen atoms in total. The van der Waals surface area contributed by atoms with Gasteiger partial charge in [0.15, 0.2) is 11.6 Å². The van der Waals surface area contributed by atoms with Crippen LogP contribution in [0.1, 0.15) is 6.92 Å². The van der Waals surface area contributed by atoms with Crippen molar-refractivity contribution in [3.63, 3.8) is 0 Å². The first-order valence-corrected chi connectivity index (χ1v) is 4.92. The minimum absolute atomic E-state index is 0.0400. The summed E-state index contributed by atoms with van der Waals surface area (Å²) in [4.78, 5) is 0. The van der Waals surface area contributed by atoms with Crippen LogP contribution in [-0.4, -0.2) is 20.3 Å². The van der Waals surface area contributed by atoms with E-state index < -0.39 is 17.5 Å². The quantitative estimate of drug-likeness (QED) is 0.789. The second-order valence-electron chi connectivity index (χ2n) is 3.69. The fourth-order valence-electron chi connectivity index (χ4n) is 1.29. The standard InChI is InChI=1S/C11H14F3NO/c1-7(6-16-2)5-15-11-4-9(13)8(12)3-10(11)14/h3-4,7,15H,5-6H2,1-2H3. The predicted molar refractivity (Wildman–Crippen MR) is 55.8 cm³/mol. The lowest BCUT2D eigenvalue weighted by Gasteiger charge is -2.13. The van der Waals surface area contributed by atoms with Crippen LogP contribution < -0.4 is 5.32 Å². The summed E-state index contributed by atoms with van der Waals surface area (Å²) >= 11 is 0. The summed E-state index contributed by atoms with van der Waals surface area (Å²) in [5.74, 6) is -2.91. The summed E-state index contributed by atoms with van der Waals surface area (Å²) < 4.78 is 43.5. The Balaban J connectivity index is 2.63. The van der Waals surface area contributed by atoms with E-state index in [0.717, 1.165) is 6.07 Å². The molecule has 0 fully saturated rings. The minimum Gasteiger partial charge on any atom is -0.384 e. The van der Waals surface area contributed by atoms with Crippen LogP contribution in [0.3, 0.4) is 0 Å².